The van der Waals surface area contributed by atoms with Gasteiger partial charge >= 0.3 is 0 Å². The Morgan fingerprint density at radius 1 is 1.50 bits per heavy atom. The molecule has 0 aromatic carbocycles. The maximum absolute atomic E-state index is 11.4. The average Bonchev–Trinajstić information content (AvgIpc) is 2.12. The Balaban J connectivity index is 4.77. The van der Waals surface area contributed by atoms with E-state index in [0.29, 0.717) is 18.9 Å². The maximum Gasteiger partial charge on any atom is 0.156 e. The van der Waals surface area contributed by atoms with E-state index in [4.69, 9.17) is 0 Å². The van der Waals surface area contributed by atoms with Crippen molar-refractivity contribution >= 4 is 5.78 Å². The first-order valence-electron chi connectivity index (χ1n) is 5.00. The lowest BCUT2D eigenvalue weighted by Crippen LogP contribution is -2.49. The second-order valence-electron chi connectivity index (χ2n) is 4.24. The normalized spacial score (nSPS) is 15.0. The molecule has 0 aromatic rings. The van der Waals surface area contributed by atoms with Crippen molar-refractivity contribution in [2.45, 2.75) is 46.6 Å². The lowest BCUT2D eigenvalue weighted by atomic mass is 9.92. The van der Waals surface area contributed by atoms with Gasteiger partial charge in [-0.25, -0.2) is 5.01 Å². The number of carbonyl (C=O) groups is 1. The van der Waals surface area contributed by atoms with Crippen LogP contribution in [0.1, 0.15) is 41.0 Å². The van der Waals surface area contributed by atoms with E-state index < -0.39 is 5.54 Å². The van der Waals surface area contributed by atoms with Crippen LogP contribution in [-0.2, 0) is 4.79 Å². The van der Waals surface area contributed by atoms with Crippen LogP contribution in [0.5, 0.6) is 0 Å². The molecule has 0 aliphatic rings. The van der Waals surface area contributed by atoms with Crippen LogP contribution in [0.15, 0.2) is 5.29 Å². The minimum atomic E-state index is -0.744. The topological polar surface area (TPSA) is 49.7 Å². The molecule has 0 radical (unpaired) electrons. The molecule has 0 bridgehead atoms. The summed E-state index contributed by atoms with van der Waals surface area (Å²) in [6, 6.07) is 0. The number of hydrogen-bond donors (Lipinski definition) is 0. The van der Waals surface area contributed by atoms with Crippen molar-refractivity contribution in [3.63, 3.8) is 0 Å². The van der Waals surface area contributed by atoms with Gasteiger partial charge in [0.2, 0.25) is 0 Å². The SMILES string of the molecule is CCC(C)(C(C)=O)N(CC(C)C)N=O. The summed E-state index contributed by atoms with van der Waals surface area (Å²) < 4.78 is 0. The number of nitroso groups, excluding NO2 is 1. The van der Waals surface area contributed by atoms with Crippen LogP contribution >= 0.6 is 0 Å². The Bertz CT molecular complexity index is 216. The van der Waals surface area contributed by atoms with E-state index >= 15 is 0 Å². The highest BCUT2D eigenvalue weighted by molar-refractivity contribution is 5.85. The molecule has 0 spiro atoms. The molecular weight excluding hydrogens is 180 g/mol. The highest BCUT2D eigenvalue weighted by Gasteiger charge is 2.35. The monoisotopic (exact) mass is 200 g/mol. The molecule has 82 valence electrons. The molecule has 14 heavy (non-hydrogen) atoms. The van der Waals surface area contributed by atoms with E-state index in [0.717, 1.165) is 0 Å². The Hall–Kier alpha value is -0.930. The molecule has 0 saturated heterocycles. The number of carbonyl (C=O) groups excluding carboxylic acids is 1. The van der Waals surface area contributed by atoms with Gasteiger partial charge in [-0.15, -0.1) is 4.91 Å². The average molecular weight is 200 g/mol. The number of nitrogens with zero attached hydrogens (tertiary/aromatic N) is 2. The zero-order valence-corrected chi connectivity index (χ0v) is 9.70. The van der Waals surface area contributed by atoms with Crippen molar-refractivity contribution in [1.29, 1.82) is 0 Å². The van der Waals surface area contributed by atoms with E-state index in [-0.39, 0.29) is 5.78 Å². The second-order valence-corrected chi connectivity index (χ2v) is 4.24. The van der Waals surface area contributed by atoms with Crippen molar-refractivity contribution < 1.29 is 4.79 Å². The molecule has 0 rings (SSSR count). The second kappa shape index (κ2) is 5.08. The first-order valence-corrected chi connectivity index (χ1v) is 5.00. The molecule has 0 aliphatic carbocycles. The van der Waals surface area contributed by atoms with E-state index in [2.05, 4.69) is 5.29 Å². The summed E-state index contributed by atoms with van der Waals surface area (Å²) in [4.78, 5) is 22.1. The fraction of sp³-hybridized carbons (Fsp3) is 0.900. The van der Waals surface area contributed by atoms with Gasteiger partial charge in [0.05, 0.1) is 5.29 Å². The van der Waals surface area contributed by atoms with Gasteiger partial charge in [0, 0.05) is 6.54 Å². The number of Topliss-reactive ketones (excluding diaryl/α,β-unsaturated/α-hetero) is 1. The predicted octanol–water partition coefficient (Wildman–Crippen LogP) is 2.38. The van der Waals surface area contributed by atoms with Crippen LogP contribution in [0.2, 0.25) is 0 Å². The zero-order chi connectivity index (χ0) is 11.4. The van der Waals surface area contributed by atoms with Crippen molar-refractivity contribution in [1.82, 2.24) is 5.01 Å². The smallest absolute Gasteiger partial charge is 0.156 e. The molecule has 4 heteroatoms. The van der Waals surface area contributed by atoms with Crippen molar-refractivity contribution in [3.8, 4) is 0 Å². The molecule has 0 heterocycles. The third-order valence-electron chi connectivity index (χ3n) is 2.65. The first-order chi connectivity index (χ1) is 6.38. The molecular formula is C10H20N2O2. The molecule has 0 aliphatic heterocycles. The fourth-order valence-electron chi connectivity index (χ4n) is 1.28. The van der Waals surface area contributed by atoms with Gasteiger partial charge in [-0.3, -0.25) is 4.79 Å². The fourth-order valence-corrected chi connectivity index (χ4v) is 1.28. The van der Waals surface area contributed by atoms with Gasteiger partial charge in [0.1, 0.15) is 5.54 Å². The summed E-state index contributed by atoms with van der Waals surface area (Å²) in [6.45, 7) is 9.66. The molecule has 0 N–H and O–H groups in total. The number of ketones is 1. The van der Waals surface area contributed by atoms with Crippen LogP contribution in [-0.4, -0.2) is 22.9 Å². The molecule has 0 fully saturated rings. The minimum absolute atomic E-state index is 0.0137. The third-order valence-corrected chi connectivity index (χ3v) is 2.65. The summed E-state index contributed by atoms with van der Waals surface area (Å²) in [5.74, 6) is 0.304. The molecule has 1 unspecified atom stereocenters. The van der Waals surface area contributed by atoms with E-state index in [1.807, 2.05) is 20.8 Å². The summed E-state index contributed by atoms with van der Waals surface area (Å²) in [7, 11) is 0. The highest BCUT2D eigenvalue weighted by Crippen LogP contribution is 2.22. The summed E-state index contributed by atoms with van der Waals surface area (Å²) in [6.07, 6.45) is 0.598. The predicted molar refractivity (Wildman–Crippen MR) is 56.7 cm³/mol. The highest BCUT2D eigenvalue weighted by atomic mass is 16.3. The largest absolute Gasteiger partial charge is 0.297 e. The first kappa shape index (κ1) is 13.1. The number of rotatable bonds is 6. The molecule has 1 atom stereocenters. The molecule has 0 amide bonds. The quantitative estimate of drug-likeness (QED) is 0.488. The Kier molecular flexibility index (Phi) is 4.74. The Morgan fingerprint density at radius 2 is 2.00 bits per heavy atom. The molecule has 4 nitrogen and oxygen atoms in total. The summed E-state index contributed by atoms with van der Waals surface area (Å²) >= 11 is 0. The summed E-state index contributed by atoms with van der Waals surface area (Å²) in [5.41, 5.74) is -0.744. The molecule has 0 aromatic heterocycles. The number of hydrogen-bond acceptors (Lipinski definition) is 3. The Morgan fingerprint density at radius 3 is 2.21 bits per heavy atom. The van der Waals surface area contributed by atoms with E-state index in [1.54, 1.807) is 6.92 Å². The van der Waals surface area contributed by atoms with Crippen molar-refractivity contribution in [3.05, 3.63) is 4.91 Å². The van der Waals surface area contributed by atoms with Gasteiger partial charge < -0.3 is 0 Å². The van der Waals surface area contributed by atoms with E-state index in [1.165, 1.54) is 11.9 Å². The Labute approximate surface area is 85.6 Å². The van der Waals surface area contributed by atoms with Gasteiger partial charge in [0.25, 0.3) is 0 Å². The van der Waals surface area contributed by atoms with Gasteiger partial charge in [-0.2, -0.15) is 0 Å². The van der Waals surface area contributed by atoms with E-state index in [9.17, 15) is 9.70 Å². The zero-order valence-electron chi connectivity index (χ0n) is 9.70. The van der Waals surface area contributed by atoms with Crippen molar-refractivity contribution in [2.24, 2.45) is 11.2 Å². The molecule has 0 saturated carbocycles. The van der Waals surface area contributed by atoms with Crippen LogP contribution < -0.4 is 0 Å². The van der Waals surface area contributed by atoms with Crippen LogP contribution in [0, 0.1) is 10.8 Å². The lowest BCUT2D eigenvalue weighted by molar-refractivity contribution is -0.129. The van der Waals surface area contributed by atoms with Crippen LogP contribution in [0.3, 0.4) is 0 Å². The van der Waals surface area contributed by atoms with Gasteiger partial charge in [-0.1, -0.05) is 20.8 Å². The minimum Gasteiger partial charge on any atom is -0.297 e. The maximum atomic E-state index is 11.4. The standard InChI is InChI=1S/C10H20N2O2/c1-6-10(5,9(4)13)12(11-14)7-8(2)3/h8H,6-7H2,1-5H3. The van der Waals surface area contributed by atoms with Gasteiger partial charge in [0.15, 0.2) is 5.78 Å². The summed E-state index contributed by atoms with van der Waals surface area (Å²) in [5, 5.41) is 4.32. The van der Waals surface area contributed by atoms with Gasteiger partial charge in [-0.05, 0) is 26.2 Å². The van der Waals surface area contributed by atoms with Crippen LogP contribution in [0.25, 0.3) is 0 Å². The van der Waals surface area contributed by atoms with Crippen LogP contribution in [0.4, 0.5) is 0 Å². The lowest BCUT2D eigenvalue weighted by Gasteiger charge is -2.34. The third kappa shape index (κ3) is 2.79. The van der Waals surface area contributed by atoms with Crippen molar-refractivity contribution in [2.75, 3.05) is 6.54 Å².